The maximum absolute atomic E-state index is 11.8. The monoisotopic (exact) mass is 384 g/mol. The van der Waals surface area contributed by atoms with Crippen LogP contribution in [0.1, 0.15) is 42.9 Å². The third-order valence-electron chi connectivity index (χ3n) is 5.94. The second-order valence-electron chi connectivity index (χ2n) is 7.62. The molecule has 0 heterocycles. The summed E-state index contributed by atoms with van der Waals surface area (Å²) in [6.07, 6.45) is 1.61. The first-order chi connectivity index (χ1) is 13.7. The number of hydrogen-bond acceptors (Lipinski definition) is 1. The molecular weight excluding hydrogens is 359 g/mol. The van der Waals surface area contributed by atoms with Crippen molar-refractivity contribution in [3.05, 3.63) is 83.4 Å². The molecule has 1 nitrogen and oxygen atoms in total. The first kappa shape index (κ1) is 18.8. The highest BCUT2D eigenvalue weighted by Gasteiger charge is 2.20. The molecule has 0 aliphatic carbocycles. The lowest BCUT2D eigenvalue weighted by atomic mass is 9.82. The van der Waals surface area contributed by atoms with E-state index in [-0.39, 0.29) is 8.46 Å². The van der Waals surface area contributed by atoms with Crippen molar-refractivity contribution in [2.45, 2.75) is 39.3 Å². The van der Waals surface area contributed by atoms with Crippen LogP contribution in [0.2, 0.25) is 0 Å². The Hall–Kier alpha value is -2.50. The smallest absolute Gasteiger partial charge is 0.160 e. The van der Waals surface area contributed by atoms with E-state index >= 15 is 0 Å². The molecule has 0 aliphatic rings. The van der Waals surface area contributed by atoms with E-state index in [0.717, 1.165) is 6.42 Å². The van der Waals surface area contributed by atoms with Crippen LogP contribution in [0.3, 0.4) is 0 Å². The lowest BCUT2D eigenvalue weighted by Crippen LogP contribution is -2.02. The van der Waals surface area contributed by atoms with Gasteiger partial charge in [0.25, 0.3) is 0 Å². The maximum atomic E-state index is 11.8. The van der Waals surface area contributed by atoms with Crippen molar-refractivity contribution in [1.29, 1.82) is 0 Å². The van der Waals surface area contributed by atoms with Crippen LogP contribution in [0.25, 0.3) is 32.7 Å². The van der Waals surface area contributed by atoms with E-state index in [2.05, 4.69) is 87.5 Å². The van der Waals surface area contributed by atoms with Crippen molar-refractivity contribution < 1.29 is 4.57 Å². The molecule has 28 heavy (non-hydrogen) atoms. The van der Waals surface area contributed by atoms with Gasteiger partial charge in [-0.15, -0.1) is 0 Å². The molecule has 2 heteroatoms. The quantitative estimate of drug-likeness (QED) is 0.316. The zero-order valence-electron chi connectivity index (χ0n) is 16.7. The zero-order chi connectivity index (χ0) is 19.7. The van der Waals surface area contributed by atoms with Gasteiger partial charge in [-0.2, -0.15) is 0 Å². The molecule has 0 radical (unpaired) electrons. The van der Waals surface area contributed by atoms with E-state index < -0.39 is 0 Å². The van der Waals surface area contributed by atoms with Crippen molar-refractivity contribution in [1.82, 2.24) is 0 Å². The predicted octanol–water partition coefficient (Wildman–Crippen LogP) is 8.27. The van der Waals surface area contributed by atoms with Gasteiger partial charge in [-0.05, 0) is 68.6 Å². The lowest BCUT2D eigenvalue weighted by molar-refractivity contribution is 0.598. The number of aryl methyl sites for hydroxylation is 1. The second-order valence-corrected chi connectivity index (χ2v) is 8.19. The SMILES string of the molecule is CCC(C)c1cc2ccccc2c(-c2c(C)ccc3ccccc23)c1CP=O. The fourth-order valence-corrected chi connectivity index (χ4v) is 4.77. The minimum absolute atomic E-state index is 0.169. The molecule has 1 unspecified atom stereocenters. The van der Waals surface area contributed by atoms with Crippen molar-refractivity contribution in [3.8, 4) is 11.1 Å². The molecule has 0 N–H and O–H groups in total. The van der Waals surface area contributed by atoms with Gasteiger partial charge in [0, 0.05) is 0 Å². The van der Waals surface area contributed by atoms with Gasteiger partial charge in [0.05, 0.1) is 6.16 Å². The van der Waals surface area contributed by atoms with Crippen LogP contribution in [0, 0.1) is 6.92 Å². The number of benzene rings is 4. The standard InChI is InChI=1S/C26H25OP/c1-4-17(2)23-15-20-10-6-8-12-22(20)26(24(23)16-28-27)25-18(3)13-14-19-9-5-7-11-21(19)25/h5-15,17H,4,16H2,1-3H3. The molecule has 4 aromatic carbocycles. The highest BCUT2D eigenvalue weighted by Crippen LogP contribution is 2.43. The van der Waals surface area contributed by atoms with Gasteiger partial charge in [0.1, 0.15) is 0 Å². The van der Waals surface area contributed by atoms with Crippen molar-refractivity contribution >= 4 is 30.0 Å². The topological polar surface area (TPSA) is 17.1 Å². The number of fused-ring (bicyclic) bond motifs is 2. The lowest BCUT2D eigenvalue weighted by Gasteiger charge is -2.22. The molecule has 0 aliphatic heterocycles. The highest BCUT2D eigenvalue weighted by atomic mass is 31.1. The Balaban J connectivity index is 2.22. The Morgan fingerprint density at radius 3 is 2.18 bits per heavy atom. The van der Waals surface area contributed by atoms with Crippen molar-refractivity contribution in [3.63, 3.8) is 0 Å². The number of rotatable bonds is 5. The summed E-state index contributed by atoms with van der Waals surface area (Å²) in [6, 6.07) is 23.9. The van der Waals surface area contributed by atoms with E-state index in [1.807, 2.05) is 0 Å². The third kappa shape index (κ3) is 3.15. The van der Waals surface area contributed by atoms with Gasteiger partial charge in [0.2, 0.25) is 0 Å². The van der Waals surface area contributed by atoms with Crippen LogP contribution >= 0.6 is 8.46 Å². The number of hydrogen-bond donors (Lipinski definition) is 0. The highest BCUT2D eigenvalue weighted by molar-refractivity contribution is 7.22. The summed E-state index contributed by atoms with van der Waals surface area (Å²) in [4.78, 5) is 0. The molecule has 0 saturated carbocycles. The molecule has 0 amide bonds. The molecule has 0 fully saturated rings. The normalized spacial score (nSPS) is 12.7. The van der Waals surface area contributed by atoms with E-state index in [1.165, 1.54) is 49.4 Å². The molecule has 0 bridgehead atoms. The molecule has 0 spiro atoms. The average molecular weight is 384 g/mol. The van der Waals surface area contributed by atoms with Crippen LogP contribution in [0.15, 0.2) is 66.7 Å². The minimum Gasteiger partial charge on any atom is -0.275 e. The van der Waals surface area contributed by atoms with Crippen LogP contribution < -0.4 is 0 Å². The fraction of sp³-hybridized carbons (Fsp3) is 0.231. The van der Waals surface area contributed by atoms with Gasteiger partial charge < -0.3 is 0 Å². The summed E-state index contributed by atoms with van der Waals surface area (Å²) in [6.45, 7) is 6.68. The molecule has 1 atom stereocenters. The Morgan fingerprint density at radius 1 is 0.857 bits per heavy atom. The summed E-state index contributed by atoms with van der Waals surface area (Å²) in [5, 5.41) is 5.00. The predicted molar refractivity (Wildman–Crippen MR) is 122 cm³/mol. The first-order valence-electron chi connectivity index (χ1n) is 9.98. The maximum Gasteiger partial charge on any atom is 0.160 e. The third-order valence-corrected chi connectivity index (χ3v) is 6.39. The van der Waals surface area contributed by atoms with Crippen LogP contribution in [0.5, 0.6) is 0 Å². The largest absolute Gasteiger partial charge is 0.275 e. The Kier molecular flexibility index (Phi) is 5.29. The summed E-state index contributed by atoms with van der Waals surface area (Å²) < 4.78 is 11.8. The second kappa shape index (κ2) is 7.86. The van der Waals surface area contributed by atoms with Crippen molar-refractivity contribution in [2.75, 3.05) is 0 Å². The summed E-state index contributed by atoms with van der Waals surface area (Å²) in [7, 11) is 0.169. The van der Waals surface area contributed by atoms with Crippen molar-refractivity contribution in [2.24, 2.45) is 0 Å². The van der Waals surface area contributed by atoms with Crippen LogP contribution in [0.4, 0.5) is 0 Å². The Labute approximate surface area is 168 Å². The van der Waals surface area contributed by atoms with E-state index in [1.54, 1.807) is 0 Å². The molecule has 0 saturated heterocycles. The molecule has 140 valence electrons. The summed E-state index contributed by atoms with van der Waals surface area (Å²) >= 11 is 0. The van der Waals surface area contributed by atoms with Gasteiger partial charge >= 0.3 is 0 Å². The Morgan fingerprint density at radius 2 is 1.50 bits per heavy atom. The average Bonchev–Trinajstić information content (AvgIpc) is 2.73. The van der Waals surface area contributed by atoms with E-state index in [4.69, 9.17) is 0 Å². The van der Waals surface area contributed by atoms with E-state index in [9.17, 15) is 4.57 Å². The Bertz CT molecular complexity index is 1180. The van der Waals surface area contributed by atoms with Gasteiger partial charge in [0.15, 0.2) is 8.46 Å². The molecule has 4 aromatic rings. The first-order valence-corrected chi connectivity index (χ1v) is 11.0. The molecular formula is C26H25OP. The molecule has 0 aromatic heterocycles. The minimum atomic E-state index is 0.169. The van der Waals surface area contributed by atoms with Crippen LogP contribution in [-0.4, -0.2) is 0 Å². The summed E-state index contributed by atoms with van der Waals surface area (Å²) in [5.74, 6) is 0.426. The van der Waals surface area contributed by atoms with Crippen LogP contribution in [-0.2, 0) is 10.7 Å². The summed E-state index contributed by atoms with van der Waals surface area (Å²) in [5.41, 5.74) is 6.34. The van der Waals surface area contributed by atoms with Gasteiger partial charge in [-0.1, -0.05) is 80.6 Å². The van der Waals surface area contributed by atoms with Gasteiger partial charge in [-0.3, -0.25) is 4.57 Å². The fourth-order valence-electron chi connectivity index (χ4n) is 4.30. The zero-order valence-corrected chi connectivity index (χ0v) is 17.6. The van der Waals surface area contributed by atoms with Gasteiger partial charge in [-0.25, -0.2) is 0 Å². The van der Waals surface area contributed by atoms with E-state index in [0.29, 0.717) is 12.1 Å². The molecule has 4 rings (SSSR count).